The number of benzene rings is 1. The van der Waals surface area contributed by atoms with E-state index < -0.39 is 0 Å². The highest BCUT2D eigenvalue weighted by Gasteiger charge is 2.03. The van der Waals surface area contributed by atoms with Crippen molar-refractivity contribution in [3.63, 3.8) is 0 Å². The molecule has 0 saturated carbocycles. The highest BCUT2D eigenvalue weighted by atomic mass is 35.5. The molecule has 0 spiro atoms. The number of nitrogens with one attached hydrogen (secondary N) is 1. The standard InChI is InChI=1S/C12H13ClN2O/c1-2-3-10-8-12(16)15(14-10)11-6-4-9(13)5-7-11/h4-8,14H,2-3H2,1H3. The molecule has 0 bridgehead atoms. The van der Waals surface area contributed by atoms with Gasteiger partial charge in [0.1, 0.15) is 0 Å². The van der Waals surface area contributed by atoms with Gasteiger partial charge in [0.25, 0.3) is 5.56 Å². The number of aromatic amines is 1. The molecule has 0 atom stereocenters. The number of nitrogens with zero attached hydrogens (tertiary/aromatic N) is 1. The molecule has 84 valence electrons. The first-order valence-electron chi connectivity index (χ1n) is 5.27. The monoisotopic (exact) mass is 236 g/mol. The molecule has 0 aliphatic heterocycles. The Balaban J connectivity index is 2.40. The second-order valence-electron chi connectivity index (χ2n) is 3.68. The van der Waals surface area contributed by atoms with Crippen LogP contribution in [0.2, 0.25) is 5.02 Å². The molecule has 4 heteroatoms. The van der Waals surface area contributed by atoms with Gasteiger partial charge in [-0.25, -0.2) is 4.68 Å². The molecule has 3 nitrogen and oxygen atoms in total. The summed E-state index contributed by atoms with van der Waals surface area (Å²) in [6, 6.07) is 8.80. The molecule has 2 aromatic rings. The van der Waals surface area contributed by atoms with Crippen LogP contribution in [0, 0.1) is 0 Å². The van der Waals surface area contributed by atoms with Gasteiger partial charge in [-0.3, -0.25) is 9.89 Å². The van der Waals surface area contributed by atoms with Crippen molar-refractivity contribution in [3.8, 4) is 5.69 Å². The Morgan fingerprint density at radius 2 is 2.00 bits per heavy atom. The first kappa shape index (κ1) is 11.0. The van der Waals surface area contributed by atoms with E-state index in [4.69, 9.17) is 11.6 Å². The summed E-state index contributed by atoms with van der Waals surface area (Å²) in [7, 11) is 0. The lowest BCUT2D eigenvalue weighted by Crippen LogP contribution is -2.13. The predicted octanol–water partition coefficient (Wildman–Crippen LogP) is 2.77. The Bertz CT molecular complexity index is 525. The van der Waals surface area contributed by atoms with Crippen LogP contribution in [-0.2, 0) is 6.42 Å². The first-order valence-corrected chi connectivity index (χ1v) is 5.65. The van der Waals surface area contributed by atoms with Gasteiger partial charge in [-0.05, 0) is 30.7 Å². The summed E-state index contributed by atoms with van der Waals surface area (Å²) in [6.45, 7) is 2.08. The third-order valence-corrected chi connectivity index (χ3v) is 2.63. The van der Waals surface area contributed by atoms with Crippen LogP contribution in [0.15, 0.2) is 35.1 Å². The predicted molar refractivity (Wildman–Crippen MR) is 65.4 cm³/mol. The van der Waals surface area contributed by atoms with Gasteiger partial charge in [-0.1, -0.05) is 24.9 Å². The van der Waals surface area contributed by atoms with Crippen molar-refractivity contribution >= 4 is 11.6 Å². The molecule has 1 N–H and O–H groups in total. The minimum atomic E-state index is -0.0363. The SMILES string of the molecule is CCCc1cc(=O)n(-c2ccc(Cl)cc2)[nH]1. The smallest absolute Gasteiger partial charge is 0.271 e. The summed E-state index contributed by atoms with van der Waals surface area (Å²) in [4.78, 5) is 11.7. The van der Waals surface area contributed by atoms with Crippen molar-refractivity contribution in [1.29, 1.82) is 0 Å². The molecule has 1 heterocycles. The highest BCUT2D eigenvalue weighted by Crippen LogP contribution is 2.11. The number of halogens is 1. The van der Waals surface area contributed by atoms with E-state index in [0.29, 0.717) is 5.02 Å². The van der Waals surface area contributed by atoms with Crippen molar-refractivity contribution in [3.05, 3.63) is 51.4 Å². The summed E-state index contributed by atoms with van der Waals surface area (Å²) in [5.74, 6) is 0. The Morgan fingerprint density at radius 1 is 1.31 bits per heavy atom. The molecule has 0 aliphatic carbocycles. The molecular formula is C12H13ClN2O. The zero-order valence-electron chi connectivity index (χ0n) is 9.03. The number of rotatable bonds is 3. The summed E-state index contributed by atoms with van der Waals surface area (Å²) in [6.07, 6.45) is 1.90. The van der Waals surface area contributed by atoms with Gasteiger partial charge in [0.15, 0.2) is 0 Å². The van der Waals surface area contributed by atoms with Crippen LogP contribution >= 0.6 is 11.6 Å². The van der Waals surface area contributed by atoms with Crippen LogP contribution in [-0.4, -0.2) is 9.78 Å². The summed E-state index contributed by atoms with van der Waals surface area (Å²) in [5.41, 5.74) is 1.73. The molecule has 1 aromatic heterocycles. The second-order valence-corrected chi connectivity index (χ2v) is 4.12. The van der Waals surface area contributed by atoms with Gasteiger partial charge in [0.2, 0.25) is 0 Å². The van der Waals surface area contributed by atoms with Gasteiger partial charge in [0, 0.05) is 16.8 Å². The maximum Gasteiger partial charge on any atom is 0.271 e. The van der Waals surface area contributed by atoms with Crippen LogP contribution in [0.5, 0.6) is 0 Å². The molecule has 2 rings (SSSR count). The van der Waals surface area contributed by atoms with Crippen molar-refractivity contribution in [2.45, 2.75) is 19.8 Å². The Morgan fingerprint density at radius 3 is 2.62 bits per heavy atom. The normalized spacial score (nSPS) is 10.6. The number of H-pyrrole nitrogens is 1. The van der Waals surface area contributed by atoms with Gasteiger partial charge in [0.05, 0.1) is 5.69 Å². The Hall–Kier alpha value is -1.48. The average Bonchev–Trinajstić information content (AvgIpc) is 2.61. The Labute approximate surface area is 98.7 Å². The lowest BCUT2D eigenvalue weighted by molar-refractivity contribution is 0.793. The molecule has 1 aromatic carbocycles. The highest BCUT2D eigenvalue weighted by molar-refractivity contribution is 6.30. The van der Waals surface area contributed by atoms with Crippen LogP contribution < -0.4 is 5.56 Å². The topological polar surface area (TPSA) is 37.8 Å². The molecule has 0 unspecified atom stereocenters. The van der Waals surface area contributed by atoms with Crippen molar-refractivity contribution < 1.29 is 0 Å². The number of aromatic nitrogens is 2. The van der Waals surface area contributed by atoms with Crippen LogP contribution in [0.4, 0.5) is 0 Å². The molecule has 0 radical (unpaired) electrons. The Kier molecular flexibility index (Phi) is 3.15. The first-order chi connectivity index (χ1) is 7.70. The third-order valence-electron chi connectivity index (χ3n) is 2.38. The van der Waals surface area contributed by atoms with Gasteiger partial charge >= 0.3 is 0 Å². The fourth-order valence-electron chi connectivity index (χ4n) is 1.62. The molecule has 0 aliphatic rings. The fraction of sp³-hybridized carbons (Fsp3) is 0.250. The van der Waals surface area contributed by atoms with Crippen molar-refractivity contribution in [2.75, 3.05) is 0 Å². The van der Waals surface area contributed by atoms with E-state index in [2.05, 4.69) is 12.0 Å². The number of hydrogen-bond acceptors (Lipinski definition) is 1. The maximum atomic E-state index is 11.7. The summed E-state index contributed by atoms with van der Waals surface area (Å²) in [5, 5.41) is 3.74. The van der Waals surface area contributed by atoms with Crippen LogP contribution in [0.3, 0.4) is 0 Å². The summed E-state index contributed by atoms with van der Waals surface area (Å²) >= 11 is 5.80. The zero-order chi connectivity index (χ0) is 11.5. The molecule has 0 fully saturated rings. The van der Waals surface area contributed by atoms with Gasteiger partial charge < -0.3 is 0 Å². The van der Waals surface area contributed by atoms with E-state index in [0.717, 1.165) is 24.2 Å². The minimum Gasteiger partial charge on any atom is -0.295 e. The number of aryl methyl sites for hydroxylation is 1. The molecule has 0 amide bonds. The van der Waals surface area contributed by atoms with E-state index in [1.165, 1.54) is 4.68 Å². The largest absolute Gasteiger partial charge is 0.295 e. The van der Waals surface area contributed by atoms with Crippen molar-refractivity contribution in [2.24, 2.45) is 0 Å². The van der Waals surface area contributed by atoms with Gasteiger partial charge in [-0.2, -0.15) is 0 Å². The maximum absolute atomic E-state index is 11.7. The molecule has 0 saturated heterocycles. The fourth-order valence-corrected chi connectivity index (χ4v) is 1.75. The second kappa shape index (κ2) is 4.58. The number of hydrogen-bond donors (Lipinski definition) is 1. The van der Waals surface area contributed by atoms with Crippen molar-refractivity contribution in [1.82, 2.24) is 9.78 Å². The van der Waals surface area contributed by atoms with Gasteiger partial charge in [-0.15, -0.1) is 0 Å². The van der Waals surface area contributed by atoms with Crippen LogP contribution in [0.1, 0.15) is 19.0 Å². The average molecular weight is 237 g/mol. The van der Waals surface area contributed by atoms with Crippen LogP contribution in [0.25, 0.3) is 5.69 Å². The van der Waals surface area contributed by atoms with E-state index in [9.17, 15) is 4.79 Å². The van der Waals surface area contributed by atoms with E-state index in [-0.39, 0.29) is 5.56 Å². The van der Waals surface area contributed by atoms with E-state index >= 15 is 0 Å². The minimum absolute atomic E-state index is 0.0363. The lowest BCUT2D eigenvalue weighted by atomic mass is 10.3. The van der Waals surface area contributed by atoms with E-state index in [1.807, 2.05) is 12.1 Å². The summed E-state index contributed by atoms with van der Waals surface area (Å²) < 4.78 is 1.53. The third kappa shape index (κ3) is 2.19. The molecular weight excluding hydrogens is 224 g/mol. The molecule has 16 heavy (non-hydrogen) atoms. The lowest BCUT2D eigenvalue weighted by Gasteiger charge is -2.01. The zero-order valence-corrected chi connectivity index (χ0v) is 9.79. The van der Waals surface area contributed by atoms with E-state index in [1.54, 1.807) is 18.2 Å². The quantitative estimate of drug-likeness (QED) is 0.874.